The molecule has 7 nitrogen and oxygen atoms in total. The summed E-state index contributed by atoms with van der Waals surface area (Å²) in [5.41, 5.74) is 0.760. The van der Waals surface area contributed by atoms with E-state index >= 15 is 0 Å². The molecule has 0 aliphatic rings. The number of carbonyl (C=O) groups is 3. The van der Waals surface area contributed by atoms with Gasteiger partial charge in [0.1, 0.15) is 18.7 Å². The van der Waals surface area contributed by atoms with Gasteiger partial charge in [-0.3, -0.25) is 4.90 Å². The highest BCUT2D eigenvalue weighted by Crippen LogP contribution is 2.18. The Morgan fingerprint density at radius 3 is 2.16 bits per heavy atom. The van der Waals surface area contributed by atoms with Crippen LogP contribution in [0, 0.1) is 5.92 Å². The summed E-state index contributed by atoms with van der Waals surface area (Å²) < 4.78 is 10.2. The third kappa shape index (κ3) is 5.77. The molecule has 0 aromatic heterocycles. The SMILES string of the molecule is CCOC(=O)[C@H](C)N(C(=O)OCc1ccccc1)[C@H](C(=O)O)C(C)C. The largest absolute Gasteiger partial charge is 0.480 e. The van der Waals surface area contributed by atoms with E-state index in [9.17, 15) is 19.5 Å². The Bertz CT molecular complexity index is 586. The van der Waals surface area contributed by atoms with Crippen molar-refractivity contribution in [3.8, 4) is 0 Å². The standard InChI is InChI=1S/C18H25NO6/c1-5-24-17(22)13(4)19(15(12(2)3)16(20)21)18(23)25-11-14-9-7-6-8-10-14/h6-10,12-13,15H,5,11H2,1-4H3,(H,20,21)/t13-,15-/m0/s1. The molecular formula is C18H25NO6. The summed E-state index contributed by atoms with van der Waals surface area (Å²) in [6.45, 7) is 6.51. The van der Waals surface area contributed by atoms with E-state index in [1.54, 1.807) is 45.0 Å². The topological polar surface area (TPSA) is 93.1 Å². The van der Waals surface area contributed by atoms with Gasteiger partial charge in [0.05, 0.1) is 6.61 Å². The van der Waals surface area contributed by atoms with Crippen molar-refractivity contribution in [1.29, 1.82) is 0 Å². The summed E-state index contributed by atoms with van der Waals surface area (Å²) in [5.74, 6) is -2.30. The molecule has 0 aliphatic heterocycles. The number of carboxylic acids is 1. The molecule has 1 N–H and O–H groups in total. The number of carbonyl (C=O) groups excluding carboxylic acids is 2. The summed E-state index contributed by atoms with van der Waals surface area (Å²) in [4.78, 5) is 37.2. The van der Waals surface area contributed by atoms with Crippen LogP contribution in [0.3, 0.4) is 0 Å². The van der Waals surface area contributed by atoms with Crippen molar-refractivity contribution in [2.75, 3.05) is 6.61 Å². The van der Waals surface area contributed by atoms with Gasteiger partial charge in [-0.15, -0.1) is 0 Å². The van der Waals surface area contributed by atoms with Gasteiger partial charge in [0, 0.05) is 0 Å². The quantitative estimate of drug-likeness (QED) is 0.724. The van der Waals surface area contributed by atoms with Gasteiger partial charge in [0.25, 0.3) is 0 Å². The summed E-state index contributed by atoms with van der Waals surface area (Å²) in [6, 6.07) is 6.72. The summed E-state index contributed by atoms with van der Waals surface area (Å²) in [6.07, 6.45) is -0.870. The highest BCUT2D eigenvalue weighted by Gasteiger charge is 2.40. The Kier molecular flexibility index (Phi) is 7.91. The van der Waals surface area contributed by atoms with Crippen LogP contribution in [-0.4, -0.2) is 46.7 Å². The van der Waals surface area contributed by atoms with Crippen LogP contribution in [-0.2, 0) is 25.7 Å². The number of aliphatic carboxylic acids is 1. The Balaban J connectivity index is 3.01. The number of carboxylic acid groups (broad SMARTS) is 1. The molecule has 0 aliphatic carbocycles. The molecule has 138 valence electrons. The molecule has 0 unspecified atom stereocenters. The molecule has 1 aromatic carbocycles. The van der Waals surface area contributed by atoms with E-state index in [1.807, 2.05) is 6.07 Å². The minimum absolute atomic E-state index is 0.0177. The van der Waals surface area contributed by atoms with Crippen LogP contribution in [0.15, 0.2) is 30.3 Å². The molecule has 25 heavy (non-hydrogen) atoms. The molecule has 0 bridgehead atoms. The number of hydrogen-bond donors (Lipinski definition) is 1. The minimum atomic E-state index is -1.21. The molecule has 0 fully saturated rings. The van der Waals surface area contributed by atoms with Gasteiger partial charge in [0.2, 0.25) is 0 Å². The van der Waals surface area contributed by atoms with Crippen LogP contribution in [0.5, 0.6) is 0 Å². The molecule has 1 aromatic rings. The average molecular weight is 351 g/mol. The maximum absolute atomic E-state index is 12.5. The van der Waals surface area contributed by atoms with Crippen molar-refractivity contribution in [2.24, 2.45) is 5.92 Å². The third-order valence-corrected chi connectivity index (χ3v) is 3.65. The zero-order valence-electron chi connectivity index (χ0n) is 15.0. The Labute approximate surface area is 147 Å². The molecule has 1 amide bonds. The van der Waals surface area contributed by atoms with Gasteiger partial charge >= 0.3 is 18.0 Å². The predicted molar refractivity (Wildman–Crippen MR) is 90.8 cm³/mol. The fourth-order valence-corrected chi connectivity index (χ4v) is 2.41. The first-order chi connectivity index (χ1) is 11.8. The monoisotopic (exact) mass is 351 g/mol. The van der Waals surface area contributed by atoms with Crippen molar-refractivity contribution in [1.82, 2.24) is 4.90 Å². The summed E-state index contributed by atoms with van der Waals surface area (Å²) in [7, 11) is 0. The van der Waals surface area contributed by atoms with E-state index in [4.69, 9.17) is 9.47 Å². The number of esters is 1. The average Bonchev–Trinajstić information content (AvgIpc) is 2.57. The lowest BCUT2D eigenvalue weighted by Crippen LogP contribution is -2.55. The van der Waals surface area contributed by atoms with Gasteiger partial charge in [-0.2, -0.15) is 0 Å². The van der Waals surface area contributed by atoms with Crippen LogP contribution in [0.1, 0.15) is 33.3 Å². The smallest absolute Gasteiger partial charge is 0.411 e. The zero-order valence-corrected chi connectivity index (χ0v) is 15.0. The first-order valence-electron chi connectivity index (χ1n) is 8.18. The fraction of sp³-hybridized carbons (Fsp3) is 0.500. The van der Waals surface area contributed by atoms with Crippen LogP contribution in [0.25, 0.3) is 0 Å². The number of amides is 1. The highest BCUT2D eigenvalue weighted by atomic mass is 16.6. The fourth-order valence-electron chi connectivity index (χ4n) is 2.41. The van der Waals surface area contributed by atoms with Crippen molar-refractivity contribution in [3.63, 3.8) is 0 Å². The predicted octanol–water partition coefficient (Wildman–Crippen LogP) is 2.69. The molecule has 0 saturated carbocycles. The molecule has 0 radical (unpaired) electrons. The van der Waals surface area contributed by atoms with Crippen molar-refractivity contribution < 1.29 is 29.0 Å². The summed E-state index contributed by atoms with van der Waals surface area (Å²) in [5, 5.41) is 9.51. The van der Waals surface area contributed by atoms with E-state index in [2.05, 4.69) is 0 Å². The van der Waals surface area contributed by atoms with Crippen LogP contribution >= 0.6 is 0 Å². The Morgan fingerprint density at radius 2 is 1.68 bits per heavy atom. The lowest BCUT2D eigenvalue weighted by molar-refractivity contribution is -0.153. The van der Waals surface area contributed by atoms with E-state index in [-0.39, 0.29) is 13.2 Å². The lowest BCUT2D eigenvalue weighted by Gasteiger charge is -2.34. The van der Waals surface area contributed by atoms with E-state index in [0.29, 0.717) is 0 Å². The van der Waals surface area contributed by atoms with Crippen molar-refractivity contribution >= 4 is 18.0 Å². The normalized spacial score (nSPS) is 13.0. The van der Waals surface area contributed by atoms with Crippen molar-refractivity contribution in [3.05, 3.63) is 35.9 Å². The molecule has 0 heterocycles. The first kappa shape index (κ1) is 20.5. The van der Waals surface area contributed by atoms with Crippen LogP contribution < -0.4 is 0 Å². The Hall–Kier alpha value is -2.57. The number of hydrogen-bond acceptors (Lipinski definition) is 5. The molecular weight excluding hydrogens is 326 g/mol. The maximum atomic E-state index is 12.5. The van der Waals surface area contributed by atoms with E-state index in [0.717, 1.165) is 10.5 Å². The van der Waals surface area contributed by atoms with Gasteiger partial charge in [-0.25, -0.2) is 14.4 Å². The zero-order chi connectivity index (χ0) is 19.0. The number of nitrogens with zero attached hydrogens (tertiary/aromatic N) is 1. The molecule has 2 atom stereocenters. The first-order valence-corrected chi connectivity index (χ1v) is 8.18. The van der Waals surface area contributed by atoms with E-state index < -0.39 is 36.0 Å². The van der Waals surface area contributed by atoms with Gasteiger partial charge < -0.3 is 14.6 Å². The minimum Gasteiger partial charge on any atom is -0.480 e. The summed E-state index contributed by atoms with van der Waals surface area (Å²) >= 11 is 0. The van der Waals surface area contributed by atoms with Crippen LogP contribution in [0.2, 0.25) is 0 Å². The van der Waals surface area contributed by atoms with E-state index in [1.165, 1.54) is 6.92 Å². The highest BCUT2D eigenvalue weighted by molar-refractivity contribution is 5.86. The molecule has 0 saturated heterocycles. The van der Waals surface area contributed by atoms with Gasteiger partial charge in [-0.05, 0) is 25.3 Å². The second-order valence-electron chi connectivity index (χ2n) is 5.90. The second kappa shape index (κ2) is 9.66. The molecule has 7 heteroatoms. The number of rotatable bonds is 8. The number of ether oxygens (including phenoxy) is 2. The van der Waals surface area contributed by atoms with Crippen LogP contribution in [0.4, 0.5) is 4.79 Å². The van der Waals surface area contributed by atoms with Gasteiger partial charge in [-0.1, -0.05) is 44.2 Å². The van der Waals surface area contributed by atoms with Gasteiger partial charge in [0.15, 0.2) is 0 Å². The van der Waals surface area contributed by atoms with Crippen molar-refractivity contribution in [2.45, 2.75) is 46.4 Å². The molecule has 0 spiro atoms. The molecule has 1 rings (SSSR count). The third-order valence-electron chi connectivity index (χ3n) is 3.65. The lowest BCUT2D eigenvalue weighted by atomic mass is 10.0. The maximum Gasteiger partial charge on any atom is 0.411 e. The Morgan fingerprint density at radius 1 is 1.08 bits per heavy atom. The second-order valence-corrected chi connectivity index (χ2v) is 5.90. The number of benzene rings is 1.